The van der Waals surface area contributed by atoms with Crippen LogP contribution in [-0.2, 0) is 9.59 Å². The van der Waals surface area contributed by atoms with Crippen LogP contribution in [0.5, 0.6) is 5.75 Å². The van der Waals surface area contributed by atoms with Crippen molar-refractivity contribution >= 4 is 52.8 Å². The average Bonchev–Trinajstić information content (AvgIpc) is 2.69. The Morgan fingerprint density at radius 3 is 2.24 bits per heavy atom. The Bertz CT molecular complexity index is 1010. The molecule has 0 radical (unpaired) electrons. The number of carbonyl (C=O) groups is 3. The number of aromatic hydroxyl groups is 1. The first kappa shape index (κ1) is 20.9. The molecule has 2 N–H and O–H groups in total. The van der Waals surface area contributed by atoms with Crippen LogP contribution in [-0.4, -0.2) is 23.0 Å². The van der Waals surface area contributed by atoms with E-state index in [0.29, 0.717) is 17.2 Å². The molecule has 2 aromatic carbocycles. The molecule has 1 heterocycles. The molecule has 1 unspecified atom stereocenters. The number of hydrogen-bond acceptors (Lipinski definition) is 4. The Labute approximate surface area is 177 Å². The highest BCUT2D eigenvalue weighted by Crippen LogP contribution is 2.34. The van der Waals surface area contributed by atoms with E-state index in [-0.39, 0.29) is 21.4 Å². The van der Waals surface area contributed by atoms with Gasteiger partial charge in [0.25, 0.3) is 11.8 Å². The van der Waals surface area contributed by atoms with Gasteiger partial charge in [-0.15, -0.1) is 0 Å². The number of phenols is 1. The van der Waals surface area contributed by atoms with Crippen molar-refractivity contribution in [1.82, 2.24) is 5.32 Å². The van der Waals surface area contributed by atoms with Gasteiger partial charge in [0.15, 0.2) is 5.75 Å². The van der Waals surface area contributed by atoms with Gasteiger partial charge in [-0.05, 0) is 53.8 Å². The first-order chi connectivity index (χ1) is 13.7. The van der Waals surface area contributed by atoms with Gasteiger partial charge in [-0.3, -0.25) is 14.9 Å². The highest BCUT2D eigenvalue weighted by atomic mass is 35.5. The number of nitrogens with one attached hydrogen (secondary N) is 1. The standard InChI is InChI=1S/C21H18Cl2N2O4/c1-3-11(2)13-4-6-14(7-5-13)25-20(28)15(19(27)24-21(25)29)8-12-9-16(22)18(26)17(23)10-12/h4-11,26H,3H2,1-2H3,(H,24,27,29)/b15-8-. The molecule has 6 nitrogen and oxygen atoms in total. The Hall–Kier alpha value is -2.83. The van der Waals surface area contributed by atoms with Crippen LogP contribution in [0.25, 0.3) is 6.08 Å². The van der Waals surface area contributed by atoms with Gasteiger partial charge in [0.1, 0.15) is 5.57 Å². The average molecular weight is 433 g/mol. The van der Waals surface area contributed by atoms with Crippen molar-refractivity contribution in [2.75, 3.05) is 4.90 Å². The summed E-state index contributed by atoms with van der Waals surface area (Å²) in [4.78, 5) is 38.4. The largest absolute Gasteiger partial charge is 0.505 e. The molecule has 4 amide bonds. The normalized spacial score (nSPS) is 16.9. The number of rotatable bonds is 4. The van der Waals surface area contributed by atoms with Crippen molar-refractivity contribution in [3.8, 4) is 5.75 Å². The summed E-state index contributed by atoms with van der Waals surface area (Å²) in [5.41, 5.74) is 1.51. The van der Waals surface area contributed by atoms with Crippen molar-refractivity contribution in [1.29, 1.82) is 0 Å². The maximum Gasteiger partial charge on any atom is 0.335 e. The van der Waals surface area contributed by atoms with Crippen molar-refractivity contribution in [2.45, 2.75) is 26.2 Å². The second-order valence-corrected chi connectivity index (χ2v) is 7.51. The lowest BCUT2D eigenvalue weighted by atomic mass is 9.98. The maximum atomic E-state index is 12.9. The molecule has 0 aliphatic carbocycles. The molecular weight excluding hydrogens is 415 g/mol. The Morgan fingerprint density at radius 2 is 1.69 bits per heavy atom. The summed E-state index contributed by atoms with van der Waals surface area (Å²) in [6.45, 7) is 4.16. The number of urea groups is 1. The van der Waals surface area contributed by atoms with Gasteiger partial charge in [0, 0.05) is 0 Å². The van der Waals surface area contributed by atoms with Crippen molar-refractivity contribution in [2.24, 2.45) is 0 Å². The third-order valence-corrected chi connectivity index (χ3v) is 5.36. The SMILES string of the molecule is CCC(C)c1ccc(N2C(=O)NC(=O)/C(=C/c3cc(Cl)c(O)c(Cl)c3)C2=O)cc1. The second kappa shape index (κ2) is 8.27. The van der Waals surface area contributed by atoms with E-state index in [1.807, 2.05) is 12.1 Å². The number of nitrogens with zero attached hydrogens (tertiary/aromatic N) is 1. The van der Waals surface area contributed by atoms with Gasteiger partial charge in [-0.2, -0.15) is 0 Å². The molecule has 1 aliphatic heterocycles. The van der Waals surface area contributed by atoms with Crippen LogP contribution in [0.2, 0.25) is 10.0 Å². The van der Waals surface area contributed by atoms with E-state index in [1.165, 1.54) is 18.2 Å². The van der Waals surface area contributed by atoms with Gasteiger partial charge in [-0.1, -0.05) is 49.2 Å². The first-order valence-corrected chi connectivity index (χ1v) is 9.68. The molecule has 1 saturated heterocycles. The molecule has 0 bridgehead atoms. The summed E-state index contributed by atoms with van der Waals surface area (Å²) < 4.78 is 0. The molecule has 0 saturated carbocycles. The van der Waals surface area contributed by atoms with Crippen molar-refractivity contribution < 1.29 is 19.5 Å². The Morgan fingerprint density at radius 1 is 1.10 bits per heavy atom. The smallest absolute Gasteiger partial charge is 0.335 e. The van der Waals surface area contributed by atoms with E-state index < -0.39 is 17.8 Å². The van der Waals surface area contributed by atoms with Gasteiger partial charge in [-0.25, -0.2) is 9.69 Å². The van der Waals surface area contributed by atoms with Gasteiger partial charge in [0.2, 0.25) is 0 Å². The van der Waals surface area contributed by atoms with Crippen LogP contribution >= 0.6 is 23.2 Å². The summed E-state index contributed by atoms with van der Waals surface area (Å²) in [5.74, 6) is -1.55. The molecule has 1 aliphatic rings. The van der Waals surface area contributed by atoms with Crippen molar-refractivity contribution in [3.05, 3.63) is 63.1 Å². The van der Waals surface area contributed by atoms with E-state index in [9.17, 15) is 19.5 Å². The summed E-state index contributed by atoms with van der Waals surface area (Å²) in [5, 5.41) is 11.8. The van der Waals surface area contributed by atoms with Gasteiger partial charge >= 0.3 is 6.03 Å². The molecule has 29 heavy (non-hydrogen) atoms. The maximum absolute atomic E-state index is 12.9. The third kappa shape index (κ3) is 4.13. The minimum absolute atomic E-state index is 0.0263. The zero-order valence-corrected chi connectivity index (χ0v) is 17.2. The molecular formula is C21H18Cl2N2O4. The number of amides is 4. The van der Waals surface area contributed by atoms with Crippen molar-refractivity contribution in [3.63, 3.8) is 0 Å². The zero-order valence-electron chi connectivity index (χ0n) is 15.7. The Balaban J connectivity index is 1.98. The number of phenolic OH excluding ortho intramolecular Hbond substituents is 1. The highest BCUT2D eigenvalue weighted by Gasteiger charge is 2.36. The molecule has 8 heteroatoms. The highest BCUT2D eigenvalue weighted by molar-refractivity contribution is 6.40. The predicted octanol–water partition coefficient (Wildman–Crippen LogP) is 4.88. The van der Waals surface area contributed by atoms with E-state index in [1.54, 1.807) is 12.1 Å². The molecule has 1 atom stereocenters. The third-order valence-electron chi connectivity index (χ3n) is 4.78. The lowest BCUT2D eigenvalue weighted by Gasteiger charge is -2.26. The van der Waals surface area contributed by atoms with Crippen LogP contribution in [0, 0.1) is 0 Å². The van der Waals surface area contributed by atoms with E-state index in [2.05, 4.69) is 19.2 Å². The number of barbiturate groups is 1. The molecule has 1 fully saturated rings. The molecule has 150 valence electrons. The molecule has 3 rings (SSSR count). The summed E-state index contributed by atoms with van der Waals surface area (Å²) in [6.07, 6.45) is 2.23. The number of halogens is 2. The van der Waals surface area contributed by atoms with E-state index in [0.717, 1.165) is 16.9 Å². The number of imide groups is 2. The van der Waals surface area contributed by atoms with E-state index >= 15 is 0 Å². The van der Waals surface area contributed by atoms with Crippen LogP contribution in [0.15, 0.2) is 42.0 Å². The van der Waals surface area contributed by atoms with Crippen LogP contribution in [0.3, 0.4) is 0 Å². The van der Waals surface area contributed by atoms with Crippen LogP contribution in [0.4, 0.5) is 10.5 Å². The number of benzene rings is 2. The number of hydrogen-bond donors (Lipinski definition) is 2. The molecule has 2 aromatic rings. The van der Waals surface area contributed by atoms with Crippen LogP contribution < -0.4 is 10.2 Å². The lowest BCUT2D eigenvalue weighted by Crippen LogP contribution is -2.54. The Kier molecular flexibility index (Phi) is 5.96. The van der Waals surface area contributed by atoms with Gasteiger partial charge < -0.3 is 5.11 Å². The summed E-state index contributed by atoms with van der Waals surface area (Å²) >= 11 is 11.8. The predicted molar refractivity (Wildman–Crippen MR) is 112 cm³/mol. The molecule has 0 spiro atoms. The quantitative estimate of drug-likeness (QED) is 0.532. The minimum Gasteiger partial charge on any atom is -0.505 e. The molecule has 0 aromatic heterocycles. The first-order valence-electron chi connectivity index (χ1n) is 8.92. The second-order valence-electron chi connectivity index (χ2n) is 6.69. The number of anilines is 1. The topological polar surface area (TPSA) is 86.7 Å². The van der Waals surface area contributed by atoms with Gasteiger partial charge in [0.05, 0.1) is 15.7 Å². The fourth-order valence-electron chi connectivity index (χ4n) is 2.91. The monoisotopic (exact) mass is 432 g/mol. The minimum atomic E-state index is -0.826. The fourth-order valence-corrected chi connectivity index (χ4v) is 3.42. The number of carbonyl (C=O) groups excluding carboxylic acids is 3. The summed E-state index contributed by atoms with van der Waals surface area (Å²) in [6, 6.07) is 8.93. The lowest BCUT2D eigenvalue weighted by molar-refractivity contribution is -0.122. The zero-order chi connectivity index (χ0) is 21.3. The fraction of sp³-hybridized carbons (Fsp3) is 0.190. The van der Waals surface area contributed by atoms with E-state index in [4.69, 9.17) is 23.2 Å². The van der Waals surface area contributed by atoms with Crippen LogP contribution in [0.1, 0.15) is 37.3 Å². The summed E-state index contributed by atoms with van der Waals surface area (Å²) in [7, 11) is 0.